The minimum absolute atomic E-state index is 0.165. The average molecular weight is 294 g/mol. The molecule has 20 heavy (non-hydrogen) atoms. The predicted octanol–water partition coefficient (Wildman–Crippen LogP) is 1.43. The standard InChI is InChI=1S/C12H14N4O3S/c1-7(17)10-9(11(18)19)14-12(20-10)13-5-3-8-4-6-16(2)15-8/h4,6H,3,5H2,1-2H3,(H,13,14)(H,18,19). The van der Waals surface area contributed by atoms with Crippen LogP contribution in [0.3, 0.4) is 0 Å². The van der Waals surface area contributed by atoms with Crippen molar-refractivity contribution in [1.29, 1.82) is 0 Å². The highest BCUT2D eigenvalue weighted by molar-refractivity contribution is 7.17. The topological polar surface area (TPSA) is 97.1 Å². The van der Waals surface area contributed by atoms with Gasteiger partial charge >= 0.3 is 5.97 Å². The van der Waals surface area contributed by atoms with Crippen molar-refractivity contribution in [3.8, 4) is 0 Å². The molecular weight excluding hydrogens is 280 g/mol. The van der Waals surface area contributed by atoms with Crippen LogP contribution in [0.25, 0.3) is 0 Å². The summed E-state index contributed by atoms with van der Waals surface area (Å²) in [4.78, 5) is 26.4. The van der Waals surface area contributed by atoms with E-state index in [-0.39, 0.29) is 16.4 Å². The Morgan fingerprint density at radius 3 is 2.75 bits per heavy atom. The van der Waals surface area contributed by atoms with Gasteiger partial charge in [-0.3, -0.25) is 9.48 Å². The first-order chi connectivity index (χ1) is 9.47. The van der Waals surface area contributed by atoms with Crippen molar-refractivity contribution in [1.82, 2.24) is 14.8 Å². The summed E-state index contributed by atoms with van der Waals surface area (Å²) in [7, 11) is 1.84. The Hall–Kier alpha value is -2.22. The molecule has 2 N–H and O–H groups in total. The maximum Gasteiger partial charge on any atom is 0.356 e. The van der Waals surface area contributed by atoms with E-state index < -0.39 is 5.97 Å². The SMILES string of the molecule is CC(=O)c1sc(NCCc2ccn(C)n2)nc1C(=O)O. The van der Waals surface area contributed by atoms with Gasteiger partial charge in [0.15, 0.2) is 16.6 Å². The third kappa shape index (κ3) is 3.21. The molecule has 106 valence electrons. The van der Waals surface area contributed by atoms with Gasteiger partial charge in [0, 0.05) is 33.1 Å². The number of aromatic carboxylic acids is 1. The summed E-state index contributed by atoms with van der Waals surface area (Å²) in [5, 5.41) is 16.7. The van der Waals surface area contributed by atoms with Crippen molar-refractivity contribution in [2.45, 2.75) is 13.3 Å². The van der Waals surface area contributed by atoms with Crippen LogP contribution in [-0.4, -0.2) is 38.2 Å². The number of hydrogen-bond acceptors (Lipinski definition) is 6. The second-order valence-electron chi connectivity index (χ2n) is 4.22. The zero-order chi connectivity index (χ0) is 14.7. The van der Waals surface area contributed by atoms with E-state index in [1.807, 2.05) is 19.3 Å². The van der Waals surface area contributed by atoms with Crippen LogP contribution in [0.4, 0.5) is 5.13 Å². The fourth-order valence-electron chi connectivity index (χ4n) is 1.67. The second kappa shape index (κ2) is 5.83. The molecule has 0 atom stereocenters. The van der Waals surface area contributed by atoms with E-state index >= 15 is 0 Å². The number of nitrogens with zero attached hydrogens (tertiary/aromatic N) is 3. The molecule has 0 saturated heterocycles. The normalized spacial score (nSPS) is 10.5. The van der Waals surface area contributed by atoms with Gasteiger partial charge in [-0.05, 0) is 6.07 Å². The van der Waals surface area contributed by atoms with Crippen molar-refractivity contribution in [3.05, 3.63) is 28.5 Å². The number of anilines is 1. The zero-order valence-electron chi connectivity index (χ0n) is 11.1. The molecule has 0 aromatic carbocycles. The number of carbonyl (C=O) groups is 2. The molecule has 2 heterocycles. The summed E-state index contributed by atoms with van der Waals surface area (Å²) in [6, 6.07) is 1.91. The molecule has 0 bridgehead atoms. The molecule has 0 fully saturated rings. The van der Waals surface area contributed by atoms with Crippen LogP contribution in [0.2, 0.25) is 0 Å². The highest BCUT2D eigenvalue weighted by atomic mass is 32.1. The maximum atomic E-state index is 11.3. The minimum Gasteiger partial charge on any atom is -0.476 e. The lowest BCUT2D eigenvalue weighted by atomic mass is 10.3. The smallest absolute Gasteiger partial charge is 0.356 e. The van der Waals surface area contributed by atoms with Crippen LogP contribution in [0, 0.1) is 0 Å². The molecule has 0 spiro atoms. The third-order valence-corrected chi connectivity index (χ3v) is 3.69. The highest BCUT2D eigenvalue weighted by Crippen LogP contribution is 2.23. The van der Waals surface area contributed by atoms with Crippen LogP contribution < -0.4 is 5.32 Å². The lowest BCUT2D eigenvalue weighted by Gasteiger charge is -1.99. The molecule has 0 aliphatic rings. The number of aryl methyl sites for hydroxylation is 1. The van der Waals surface area contributed by atoms with E-state index in [1.54, 1.807) is 4.68 Å². The van der Waals surface area contributed by atoms with Crippen molar-refractivity contribution < 1.29 is 14.7 Å². The lowest BCUT2D eigenvalue weighted by Crippen LogP contribution is -2.06. The van der Waals surface area contributed by atoms with Crippen molar-refractivity contribution in [3.63, 3.8) is 0 Å². The van der Waals surface area contributed by atoms with Gasteiger partial charge in [-0.1, -0.05) is 11.3 Å². The molecule has 7 nitrogen and oxygen atoms in total. The van der Waals surface area contributed by atoms with Crippen molar-refractivity contribution in [2.24, 2.45) is 7.05 Å². The zero-order valence-corrected chi connectivity index (χ0v) is 11.9. The molecule has 2 rings (SSSR count). The van der Waals surface area contributed by atoms with E-state index in [4.69, 9.17) is 5.11 Å². The molecule has 2 aromatic heterocycles. The number of hydrogen-bond donors (Lipinski definition) is 2. The van der Waals surface area contributed by atoms with E-state index in [0.29, 0.717) is 18.1 Å². The lowest BCUT2D eigenvalue weighted by molar-refractivity contribution is 0.0687. The van der Waals surface area contributed by atoms with Gasteiger partial charge in [-0.15, -0.1) is 0 Å². The Labute approximate surface area is 119 Å². The van der Waals surface area contributed by atoms with Gasteiger partial charge in [0.25, 0.3) is 0 Å². The number of carbonyl (C=O) groups excluding carboxylic acids is 1. The quantitative estimate of drug-likeness (QED) is 0.782. The van der Waals surface area contributed by atoms with Crippen LogP contribution in [0.15, 0.2) is 12.3 Å². The summed E-state index contributed by atoms with van der Waals surface area (Å²) in [6.07, 6.45) is 2.55. The van der Waals surface area contributed by atoms with Crippen molar-refractivity contribution >= 4 is 28.2 Å². The van der Waals surface area contributed by atoms with Crippen LogP contribution in [0.5, 0.6) is 0 Å². The maximum absolute atomic E-state index is 11.3. The number of aromatic nitrogens is 3. The number of ketones is 1. The summed E-state index contributed by atoms with van der Waals surface area (Å²) in [5.74, 6) is -1.48. The number of Topliss-reactive ketones (excluding diaryl/α,β-unsaturated/α-hetero) is 1. The number of rotatable bonds is 6. The highest BCUT2D eigenvalue weighted by Gasteiger charge is 2.20. The van der Waals surface area contributed by atoms with Crippen LogP contribution in [-0.2, 0) is 13.5 Å². The summed E-state index contributed by atoms with van der Waals surface area (Å²) >= 11 is 1.06. The minimum atomic E-state index is -1.19. The first-order valence-corrected chi connectivity index (χ1v) is 6.76. The summed E-state index contributed by atoms with van der Waals surface area (Å²) in [6.45, 7) is 1.90. The predicted molar refractivity (Wildman–Crippen MR) is 74.5 cm³/mol. The summed E-state index contributed by atoms with van der Waals surface area (Å²) in [5.41, 5.74) is 0.740. The Balaban J connectivity index is 2.01. The molecule has 0 aliphatic heterocycles. The Kier molecular flexibility index (Phi) is 4.14. The average Bonchev–Trinajstić information content (AvgIpc) is 2.96. The number of carboxylic acid groups (broad SMARTS) is 1. The van der Waals surface area contributed by atoms with Gasteiger partial charge in [-0.25, -0.2) is 9.78 Å². The second-order valence-corrected chi connectivity index (χ2v) is 5.21. The first kappa shape index (κ1) is 14.2. The number of thiazole rings is 1. The van der Waals surface area contributed by atoms with Crippen LogP contribution in [0.1, 0.15) is 32.8 Å². The van der Waals surface area contributed by atoms with Gasteiger partial charge in [0.05, 0.1) is 5.69 Å². The monoisotopic (exact) mass is 294 g/mol. The molecule has 0 amide bonds. The van der Waals surface area contributed by atoms with Crippen molar-refractivity contribution in [2.75, 3.05) is 11.9 Å². The molecule has 8 heteroatoms. The van der Waals surface area contributed by atoms with Gasteiger partial charge < -0.3 is 10.4 Å². The Morgan fingerprint density at radius 2 is 2.25 bits per heavy atom. The van der Waals surface area contributed by atoms with Crippen LogP contribution >= 0.6 is 11.3 Å². The van der Waals surface area contributed by atoms with Gasteiger partial charge in [0.1, 0.15) is 4.88 Å². The molecule has 0 saturated carbocycles. The van der Waals surface area contributed by atoms with Gasteiger partial charge in [-0.2, -0.15) is 5.10 Å². The first-order valence-electron chi connectivity index (χ1n) is 5.95. The fourth-order valence-corrected chi connectivity index (χ4v) is 2.55. The van der Waals surface area contributed by atoms with E-state index in [1.165, 1.54) is 6.92 Å². The number of nitrogens with one attached hydrogen (secondary N) is 1. The fraction of sp³-hybridized carbons (Fsp3) is 0.333. The molecule has 2 aromatic rings. The Bertz CT molecular complexity index is 615. The molecular formula is C12H14N4O3S. The Morgan fingerprint density at radius 1 is 1.50 bits per heavy atom. The summed E-state index contributed by atoms with van der Waals surface area (Å²) < 4.78 is 1.72. The molecule has 0 radical (unpaired) electrons. The van der Waals surface area contributed by atoms with Gasteiger partial charge in [0.2, 0.25) is 0 Å². The third-order valence-electron chi connectivity index (χ3n) is 2.58. The van der Waals surface area contributed by atoms with E-state index in [9.17, 15) is 9.59 Å². The molecule has 0 unspecified atom stereocenters. The van der Waals surface area contributed by atoms with E-state index in [0.717, 1.165) is 17.0 Å². The van der Waals surface area contributed by atoms with E-state index in [2.05, 4.69) is 15.4 Å². The largest absolute Gasteiger partial charge is 0.476 e. The molecule has 0 aliphatic carbocycles. The number of carboxylic acids is 1.